The van der Waals surface area contributed by atoms with Gasteiger partial charge in [0.05, 0.1) is 13.5 Å². The second kappa shape index (κ2) is 6.22. The highest BCUT2D eigenvalue weighted by Gasteiger charge is 2.43. The third kappa shape index (κ3) is 3.47. The van der Waals surface area contributed by atoms with Gasteiger partial charge in [0, 0.05) is 36.5 Å². The number of carbonyl (C=O) groups is 1. The van der Waals surface area contributed by atoms with Gasteiger partial charge in [0.15, 0.2) is 0 Å². The summed E-state index contributed by atoms with van der Waals surface area (Å²) < 4.78 is 7.23. The third-order valence-corrected chi connectivity index (χ3v) is 4.22. The Bertz CT molecular complexity index is 633. The van der Waals surface area contributed by atoms with E-state index in [4.69, 9.17) is 4.74 Å². The highest BCUT2D eigenvalue weighted by atomic mass is 16.5. The molecule has 1 heterocycles. The van der Waals surface area contributed by atoms with Crippen LogP contribution in [0.2, 0.25) is 0 Å². The molecule has 5 heteroatoms. The average Bonchev–Trinajstić information content (AvgIpc) is 3.10. The highest BCUT2D eigenvalue weighted by Crippen LogP contribution is 2.46. The maximum Gasteiger partial charge on any atom is 0.224 e. The molecular formula is C17H21N3O2. The van der Waals surface area contributed by atoms with Crippen LogP contribution in [0.25, 0.3) is 0 Å². The number of benzene rings is 1. The van der Waals surface area contributed by atoms with Gasteiger partial charge < -0.3 is 10.1 Å². The van der Waals surface area contributed by atoms with Crippen molar-refractivity contribution in [3.63, 3.8) is 0 Å². The molecule has 2 aromatic rings. The number of ether oxygens (including phenoxy) is 1. The van der Waals surface area contributed by atoms with E-state index in [-0.39, 0.29) is 11.3 Å². The van der Waals surface area contributed by atoms with Gasteiger partial charge in [-0.15, -0.1) is 0 Å². The number of hydrogen-bond donors (Lipinski definition) is 1. The SMILES string of the molecule is COc1ccccc1CC(=O)NCC1(Cn2cccn2)CC1. The number of nitrogens with zero attached hydrogens (tertiary/aromatic N) is 2. The van der Waals surface area contributed by atoms with Crippen molar-refractivity contribution in [3.05, 3.63) is 48.3 Å². The molecule has 0 bridgehead atoms. The van der Waals surface area contributed by atoms with Gasteiger partial charge in [0.25, 0.3) is 0 Å². The predicted molar refractivity (Wildman–Crippen MR) is 83.6 cm³/mol. The van der Waals surface area contributed by atoms with Crippen LogP contribution in [0.5, 0.6) is 5.75 Å². The Morgan fingerprint density at radius 3 is 2.86 bits per heavy atom. The van der Waals surface area contributed by atoms with Crippen molar-refractivity contribution in [1.29, 1.82) is 0 Å². The van der Waals surface area contributed by atoms with Crippen molar-refractivity contribution < 1.29 is 9.53 Å². The van der Waals surface area contributed by atoms with Crippen molar-refractivity contribution in [2.45, 2.75) is 25.8 Å². The Balaban J connectivity index is 1.52. The molecule has 1 aromatic carbocycles. The quantitative estimate of drug-likeness (QED) is 0.851. The number of amides is 1. The third-order valence-electron chi connectivity index (χ3n) is 4.22. The van der Waals surface area contributed by atoms with Gasteiger partial charge in [-0.3, -0.25) is 9.48 Å². The van der Waals surface area contributed by atoms with Crippen molar-refractivity contribution in [2.75, 3.05) is 13.7 Å². The first-order chi connectivity index (χ1) is 10.7. The normalized spacial score (nSPS) is 15.3. The van der Waals surface area contributed by atoms with Crippen LogP contribution in [0.15, 0.2) is 42.7 Å². The summed E-state index contributed by atoms with van der Waals surface area (Å²) >= 11 is 0. The molecule has 1 aliphatic rings. The molecule has 1 aromatic heterocycles. The van der Waals surface area contributed by atoms with Crippen LogP contribution in [0.1, 0.15) is 18.4 Å². The van der Waals surface area contributed by atoms with Gasteiger partial charge in [-0.1, -0.05) is 18.2 Å². The van der Waals surface area contributed by atoms with Crippen LogP contribution in [0.4, 0.5) is 0 Å². The Morgan fingerprint density at radius 2 is 2.18 bits per heavy atom. The zero-order chi connectivity index (χ0) is 15.4. The number of carbonyl (C=O) groups excluding carboxylic acids is 1. The number of rotatable bonds is 7. The van der Waals surface area contributed by atoms with Gasteiger partial charge in [0.2, 0.25) is 5.91 Å². The molecule has 0 atom stereocenters. The second-order valence-electron chi connectivity index (χ2n) is 5.97. The van der Waals surface area contributed by atoms with Crippen LogP contribution < -0.4 is 10.1 Å². The zero-order valence-corrected chi connectivity index (χ0v) is 12.8. The summed E-state index contributed by atoms with van der Waals surface area (Å²) in [6.45, 7) is 1.58. The van der Waals surface area contributed by atoms with E-state index in [2.05, 4.69) is 10.4 Å². The lowest BCUT2D eigenvalue weighted by Crippen LogP contribution is -2.33. The summed E-state index contributed by atoms with van der Waals surface area (Å²) in [6, 6.07) is 9.56. The first kappa shape index (κ1) is 14.6. The summed E-state index contributed by atoms with van der Waals surface area (Å²) in [5.41, 5.74) is 1.10. The summed E-state index contributed by atoms with van der Waals surface area (Å²) in [5, 5.41) is 7.31. The number of para-hydroxylation sites is 1. The molecular weight excluding hydrogens is 278 g/mol. The smallest absolute Gasteiger partial charge is 0.224 e. The molecule has 0 unspecified atom stereocenters. The number of aromatic nitrogens is 2. The van der Waals surface area contributed by atoms with E-state index in [1.807, 2.05) is 41.2 Å². The fourth-order valence-electron chi connectivity index (χ4n) is 2.68. The topological polar surface area (TPSA) is 56.1 Å². The van der Waals surface area contributed by atoms with Gasteiger partial charge in [0.1, 0.15) is 5.75 Å². The molecule has 3 rings (SSSR count). The first-order valence-corrected chi connectivity index (χ1v) is 7.57. The highest BCUT2D eigenvalue weighted by molar-refractivity contribution is 5.79. The molecule has 1 fully saturated rings. The van der Waals surface area contributed by atoms with Gasteiger partial charge in [-0.05, 0) is 25.0 Å². The number of nitrogens with one attached hydrogen (secondary N) is 1. The fourth-order valence-corrected chi connectivity index (χ4v) is 2.68. The molecule has 0 aliphatic heterocycles. The Kier molecular flexibility index (Phi) is 4.13. The van der Waals surface area contributed by atoms with Crippen molar-refractivity contribution in [3.8, 4) is 5.75 Å². The summed E-state index contributed by atoms with van der Waals surface area (Å²) in [5.74, 6) is 0.798. The standard InChI is InChI=1S/C17H21N3O2/c1-22-15-6-3-2-5-14(15)11-16(21)18-12-17(7-8-17)13-20-10-4-9-19-20/h2-6,9-10H,7-8,11-13H2,1H3,(H,18,21). The first-order valence-electron chi connectivity index (χ1n) is 7.57. The van der Waals surface area contributed by atoms with Crippen molar-refractivity contribution >= 4 is 5.91 Å². The lowest BCUT2D eigenvalue weighted by Gasteiger charge is -2.16. The van der Waals surface area contributed by atoms with Crippen molar-refractivity contribution in [1.82, 2.24) is 15.1 Å². The molecule has 1 N–H and O–H groups in total. The molecule has 1 saturated carbocycles. The lowest BCUT2D eigenvalue weighted by atomic mass is 10.1. The van der Waals surface area contributed by atoms with Crippen LogP contribution in [-0.2, 0) is 17.8 Å². The lowest BCUT2D eigenvalue weighted by molar-refractivity contribution is -0.120. The van der Waals surface area contributed by atoms with Crippen LogP contribution in [0, 0.1) is 5.41 Å². The summed E-state index contributed by atoms with van der Waals surface area (Å²) in [6.07, 6.45) is 6.39. The predicted octanol–water partition coefficient (Wildman–Crippen LogP) is 2.03. The average molecular weight is 299 g/mol. The van der Waals surface area contributed by atoms with E-state index in [0.29, 0.717) is 13.0 Å². The molecule has 116 valence electrons. The van der Waals surface area contributed by atoms with Gasteiger partial charge >= 0.3 is 0 Å². The van der Waals surface area contributed by atoms with Crippen LogP contribution in [-0.4, -0.2) is 29.3 Å². The van der Waals surface area contributed by atoms with E-state index in [1.165, 1.54) is 0 Å². The van der Waals surface area contributed by atoms with Crippen LogP contribution >= 0.6 is 0 Å². The molecule has 0 spiro atoms. The Morgan fingerprint density at radius 1 is 1.36 bits per heavy atom. The maximum atomic E-state index is 12.2. The van der Waals surface area contributed by atoms with E-state index < -0.39 is 0 Å². The second-order valence-corrected chi connectivity index (χ2v) is 5.97. The maximum absolute atomic E-state index is 12.2. The largest absolute Gasteiger partial charge is 0.496 e. The Labute approximate surface area is 130 Å². The van der Waals surface area contributed by atoms with E-state index in [0.717, 1.165) is 30.7 Å². The van der Waals surface area contributed by atoms with Gasteiger partial charge in [-0.2, -0.15) is 5.10 Å². The fraction of sp³-hybridized carbons (Fsp3) is 0.412. The molecule has 1 amide bonds. The monoisotopic (exact) mass is 299 g/mol. The molecule has 5 nitrogen and oxygen atoms in total. The van der Waals surface area contributed by atoms with Crippen LogP contribution in [0.3, 0.4) is 0 Å². The molecule has 0 saturated heterocycles. The minimum Gasteiger partial charge on any atom is -0.496 e. The number of methoxy groups -OCH3 is 1. The van der Waals surface area contributed by atoms with E-state index in [9.17, 15) is 4.79 Å². The summed E-state index contributed by atoms with van der Waals surface area (Å²) in [4.78, 5) is 12.2. The Hall–Kier alpha value is -2.30. The zero-order valence-electron chi connectivity index (χ0n) is 12.8. The minimum absolute atomic E-state index is 0.0382. The number of hydrogen-bond acceptors (Lipinski definition) is 3. The van der Waals surface area contributed by atoms with Gasteiger partial charge in [-0.25, -0.2) is 0 Å². The molecule has 22 heavy (non-hydrogen) atoms. The minimum atomic E-state index is 0.0382. The van der Waals surface area contributed by atoms with E-state index in [1.54, 1.807) is 13.3 Å². The van der Waals surface area contributed by atoms with Crippen molar-refractivity contribution in [2.24, 2.45) is 5.41 Å². The van der Waals surface area contributed by atoms with E-state index >= 15 is 0 Å². The molecule has 0 radical (unpaired) electrons. The molecule has 1 aliphatic carbocycles. The summed E-state index contributed by atoms with van der Waals surface area (Å²) in [7, 11) is 1.63.